The van der Waals surface area contributed by atoms with Gasteiger partial charge in [0, 0.05) is 13.1 Å². The number of halogens is 1. The molecule has 0 saturated heterocycles. The van der Waals surface area contributed by atoms with Gasteiger partial charge in [0.1, 0.15) is 5.82 Å². The Kier molecular flexibility index (Phi) is 7.42. The molecule has 1 aromatic carbocycles. The van der Waals surface area contributed by atoms with E-state index in [2.05, 4.69) is 24.1 Å². The molecule has 18 heavy (non-hydrogen) atoms. The van der Waals surface area contributed by atoms with Crippen molar-refractivity contribution in [1.29, 1.82) is 0 Å². The van der Waals surface area contributed by atoms with Crippen LogP contribution in [0, 0.1) is 5.82 Å². The van der Waals surface area contributed by atoms with Gasteiger partial charge in [-0.1, -0.05) is 25.5 Å². The molecule has 0 aliphatic heterocycles. The number of benzene rings is 1. The first-order valence-electron chi connectivity index (χ1n) is 6.99. The van der Waals surface area contributed by atoms with Crippen LogP contribution in [0.1, 0.15) is 33.1 Å². The average molecular weight is 252 g/mol. The van der Waals surface area contributed by atoms with E-state index in [0.717, 1.165) is 38.3 Å². The molecule has 0 amide bonds. The zero-order valence-corrected chi connectivity index (χ0v) is 11.6. The SMILES string of the molecule is CCNCCCCCN(CC)c1ccccc1F. The molecule has 0 aromatic heterocycles. The summed E-state index contributed by atoms with van der Waals surface area (Å²) in [6.45, 7) is 8.11. The monoisotopic (exact) mass is 252 g/mol. The number of nitrogens with zero attached hydrogens (tertiary/aromatic N) is 1. The maximum absolute atomic E-state index is 13.7. The van der Waals surface area contributed by atoms with E-state index in [1.807, 2.05) is 12.1 Å². The predicted molar refractivity (Wildman–Crippen MR) is 76.7 cm³/mol. The summed E-state index contributed by atoms with van der Waals surface area (Å²) in [5.41, 5.74) is 0.728. The number of anilines is 1. The summed E-state index contributed by atoms with van der Waals surface area (Å²) < 4.78 is 13.7. The van der Waals surface area contributed by atoms with Crippen LogP contribution in [0.25, 0.3) is 0 Å². The third-order valence-electron chi connectivity index (χ3n) is 3.11. The van der Waals surface area contributed by atoms with Gasteiger partial charge in [0.15, 0.2) is 0 Å². The molecule has 3 heteroatoms. The first kappa shape index (κ1) is 15.0. The highest BCUT2D eigenvalue weighted by Gasteiger charge is 2.08. The van der Waals surface area contributed by atoms with Gasteiger partial charge >= 0.3 is 0 Å². The third kappa shape index (κ3) is 5.05. The smallest absolute Gasteiger partial charge is 0.146 e. The summed E-state index contributed by atoms with van der Waals surface area (Å²) >= 11 is 0. The molecule has 0 bridgehead atoms. The van der Waals surface area contributed by atoms with Crippen molar-refractivity contribution in [2.75, 3.05) is 31.1 Å². The van der Waals surface area contributed by atoms with Gasteiger partial charge in [-0.3, -0.25) is 0 Å². The fourth-order valence-electron chi connectivity index (χ4n) is 2.06. The van der Waals surface area contributed by atoms with E-state index in [1.165, 1.54) is 18.9 Å². The van der Waals surface area contributed by atoms with Gasteiger partial charge in [-0.05, 0) is 45.0 Å². The molecule has 0 spiro atoms. The van der Waals surface area contributed by atoms with Crippen molar-refractivity contribution < 1.29 is 4.39 Å². The minimum absolute atomic E-state index is 0.119. The maximum Gasteiger partial charge on any atom is 0.146 e. The number of hydrogen-bond donors (Lipinski definition) is 1. The Morgan fingerprint density at radius 2 is 1.89 bits per heavy atom. The molecular formula is C15H25FN2. The lowest BCUT2D eigenvalue weighted by Crippen LogP contribution is -2.25. The van der Waals surface area contributed by atoms with E-state index < -0.39 is 0 Å². The van der Waals surface area contributed by atoms with Gasteiger partial charge in [-0.15, -0.1) is 0 Å². The van der Waals surface area contributed by atoms with E-state index in [1.54, 1.807) is 6.07 Å². The van der Waals surface area contributed by atoms with Crippen molar-refractivity contribution in [1.82, 2.24) is 5.32 Å². The Hall–Kier alpha value is -1.09. The van der Waals surface area contributed by atoms with Gasteiger partial charge in [0.2, 0.25) is 0 Å². The highest BCUT2D eigenvalue weighted by molar-refractivity contribution is 5.47. The largest absolute Gasteiger partial charge is 0.369 e. The molecule has 1 N–H and O–H groups in total. The van der Waals surface area contributed by atoms with E-state index >= 15 is 0 Å². The van der Waals surface area contributed by atoms with E-state index in [4.69, 9.17) is 0 Å². The van der Waals surface area contributed by atoms with E-state index in [9.17, 15) is 4.39 Å². The zero-order valence-electron chi connectivity index (χ0n) is 11.6. The number of unbranched alkanes of at least 4 members (excludes halogenated alkanes) is 2. The summed E-state index contributed by atoms with van der Waals surface area (Å²) in [6.07, 6.45) is 3.51. The molecule has 2 nitrogen and oxygen atoms in total. The van der Waals surface area contributed by atoms with Crippen LogP contribution in [-0.2, 0) is 0 Å². The van der Waals surface area contributed by atoms with Crippen LogP contribution in [0.15, 0.2) is 24.3 Å². The van der Waals surface area contributed by atoms with E-state index in [-0.39, 0.29) is 5.82 Å². The summed E-state index contributed by atoms with van der Waals surface area (Å²) in [5.74, 6) is -0.119. The maximum atomic E-state index is 13.7. The van der Waals surface area contributed by atoms with Crippen LogP contribution in [0.5, 0.6) is 0 Å². The van der Waals surface area contributed by atoms with Crippen molar-refractivity contribution in [3.05, 3.63) is 30.1 Å². The van der Waals surface area contributed by atoms with Crippen LogP contribution in [0.4, 0.5) is 10.1 Å². The van der Waals surface area contributed by atoms with Crippen molar-refractivity contribution >= 4 is 5.69 Å². The Labute approximate surface area is 110 Å². The first-order chi connectivity index (χ1) is 8.79. The van der Waals surface area contributed by atoms with E-state index in [0.29, 0.717) is 0 Å². The normalized spacial score (nSPS) is 10.6. The highest BCUT2D eigenvalue weighted by Crippen LogP contribution is 2.18. The van der Waals surface area contributed by atoms with Crippen LogP contribution in [0.2, 0.25) is 0 Å². The van der Waals surface area contributed by atoms with Gasteiger partial charge in [-0.2, -0.15) is 0 Å². The molecule has 1 aromatic rings. The molecule has 0 radical (unpaired) electrons. The van der Waals surface area contributed by atoms with Crippen molar-refractivity contribution in [3.8, 4) is 0 Å². The second-order valence-corrected chi connectivity index (χ2v) is 4.45. The molecule has 0 fully saturated rings. The molecular weight excluding hydrogens is 227 g/mol. The highest BCUT2D eigenvalue weighted by atomic mass is 19.1. The molecule has 1 rings (SSSR count). The number of hydrogen-bond acceptors (Lipinski definition) is 2. The molecule has 0 saturated carbocycles. The summed E-state index contributed by atoms with van der Waals surface area (Å²) in [5, 5.41) is 3.32. The van der Waals surface area contributed by atoms with Crippen molar-refractivity contribution in [2.24, 2.45) is 0 Å². The van der Waals surface area contributed by atoms with Crippen molar-refractivity contribution in [3.63, 3.8) is 0 Å². The Balaban J connectivity index is 2.32. The van der Waals surface area contributed by atoms with Crippen LogP contribution >= 0.6 is 0 Å². The topological polar surface area (TPSA) is 15.3 Å². The molecule has 0 atom stereocenters. The van der Waals surface area contributed by atoms with Crippen LogP contribution in [0.3, 0.4) is 0 Å². The standard InChI is InChI=1S/C15H25FN2/c1-3-17-12-8-5-9-13-18(4-2)15-11-7-6-10-14(15)16/h6-7,10-11,17H,3-5,8-9,12-13H2,1-2H3. The second kappa shape index (κ2) is 8.92. The number of para-hydroxylation sites is 1. The van der Waals surface area contributed by atoms with Gasteiger partial charge in [-0.25, -0.2) is 4.39 Å². The Morgan fingerprint density at radius 3 is 2.56 bits per heavy atom. The first-order valence-corrected chi connectivity index (χ1v) is 6.99. The molecule has 0 aliphatic rings. The molecule has 102 valence electrons. The fourth-order valence-corrected chi connectivity index (χ4v) is 2.06. The Morgan fingerprint density at radius 1 is 1.11 bits per heavy atom. The summed E-state index contributed by atoms with van der Waals surface area (Å²) in [4.78, 5) is 2.11. The Bertz CT molecular complexity index is 328. The zero-order chi connectivity index (χ0) is 13.2. The lowest BCUT2D eigenvalue weighted by Gasteiger charge is -2.23. The molecule has 0 heterocycles. The van der Waals surface area contributed by atoms with Crippen LogP contribution in [-0.4, -0.2) is 26.2 Å². The second-order valence-electron chi connectivity index (χ2n) is 4.45. The fraction of sp³-hybridized carbons (Fsp3) is 0.600. The minimum atomic E-state index is -0.119. The average Bonchev–Trinajstić information content (AvgIpc) is 2.39. The van der Waals surface area contributed by atoms with Gasteiger partial charge in [0.25, 0.3) is 0 Å². The summed E-state index contributed by atoms with van der Waals surface area (Å²) in [6, 6.07) is 7.02. The van der Waals surface area contributed by atoms with Gasteiger partial charge in [0.05, 0.1) is 5.69 Å². The lowest BCUT2D eigenvalue weighted by molar-refractivity contribution is 0.594. The molecule has 0 unspecified atom stereocenters. The summed E-state index contributed by atoms with van der Waals surface area (Å²) in [7, 11) is 0. The van der Waals surface area contributed by atoms with Gasteiger partial charge < -0.3 is 10.2 Å². The van der Waals surface area contributed by atoms with Crippen LogP contribution < -0.4 is 10.2 Å². The predicted octanol–water partition coefficient (Wildman–Crippen LogP) is 3.43. The lowest BCUT2D eigenvalue weighted by atomic mass is 10.2. The minimum Gasteiger partial charge on any atom is -0.369 e. The van der Waals surface area contributed by atoms with Crippen molar-refractivity contribution in [2.45, 2.75) is 33.1 Å². The molecule has 0 aliphatic carbocycles. The quantitative estimate of drug-likeness (QED) is 0.677. The third-order valence-corrected chi connectivity index (χ3v) is 3.11. The number of rotatable bonds is 9. The number of nitrogens with one attached hydrogen (secondary N) is 1.